The van der Waals surface area contributed by atoms with Crippen molar-refractivity contribution in [1.82, 2.24) is 9.78 Å². The van der Waals surface area contributed by atoms with Crippen molar-refractivity contribution in [3.05, 3.63) is 22.1 Å². The summed E-state index contributed by atoms with van der Waals surface area (Å²) in [5, 5.41) is 2.66. The maximum absolute atomic E-state index is 11.1. The Bertz CT molecular complexity index is 337. The number of ether oxygens (including phenoxy) is 1. The molecule has 0 radical (unpaired) electrons. The van der Waals surface area contributed by atoms with Crippen molar-refractivity contribution < 1.29 is 9.53 Å². The van der Waals surface area contributed by atoms with E-state index in [0.29, 0.717) is 5.56 Å². The number of carbonyl (C=O) groups is 1. The van der Waals surface area contributed by atoms with Gasteiger partial charge in [-0.15, -0.1) is 0 Å². The quantitative estimate of drug-likeness (QED) is 0.604. The van der Waals surface area contributed by atoms with Gasteiger partial charge in [-0.2, -0.15) is 0 Å². The van der Waals surface area contributed by atoms with Gasteiger partial charge < -0.3 is 9.84 Å². The molecule has 0 aliphatic heterocycles. The van der Waals surface area contributed by atoms with E-state index in [1.165, 1.54) is 18.0 Å². The molecule has 1 aromatic rings. The number of nitrogens with one attached hydrogen (secondary N) is 1. The highest BCUT2D eigenvalue weighted by Gasteiger charge is 2.08. The molecule has 0 amide bonds. The average molecular weight is 170 g/mol. The molecule has 0 saturated carbocycles. The molecule has 0 bridgehead atoms. The second-order valence-electron chi connectivity index (χ2n) is 2.42. The monoisotopic (exact) mass is 170 g/mol. The van der Waals surface area contributed by atoms with Crippen LogP contribution in [0.3, 0.4) is 0 Å². The Morgan fingerprint density at radius 3 is 2.83 bits per heavy atom. The minimum Gasteiger partial charge on any atom is -0.469 e. The normalized spacial score (nSPS) is 9.83. The summed E-state index contributed by atoms with van der Waals surface area (Å²) >= 11 is 0. The molecule has 66 valence electrons. The van der Waals surface area contributed by atoms with Crippen molar-refractivity contribution in [1.29, 1.82) is 0 Å². The van der Waals surface area contributed by atoms with Gasteiger partial charge in [-0.1, -0.05) is 0 Å². The van der Waals surface area contributed by atoms with Crippen molar-refractivity contribution >= 4 is 5.97 Å². The van der Waals surface area contributed by atoms with Crippen LogP contribution >= 0.6 is 0 Å². The molecule has 1 N–H and O–H groups in total. The number of hydrogen-bond donors (Lipinski definition) is 1. The molecular weight excluding hydrogens is 160 g/mol. The summed E-state index contributed by atoms with van der Waals surface area (Å²) in [4.78, 5) is 21.9. The smallest absolute Gasteiger partial charge is 0.310 e. The Hall–Kier alpha value is -1.52. The molecule has 0 atom stereocenters. The first-order valence-corrected chi connectivity index (χ1v) is 3.45. The standard InChI is InChI=1S/C7H10N2O3/c1-9-7(11)5(4-8-9)3-6(10)12-2/h4,8H,3H2,1-2H3. The highest BCUT2D eigenvalue weighted by atomic mass is 16.5. The lowest BCUT2D eigenvalue weighted by Gasteiger charge is -1.93. The lowest BCUT2D eigenvalue weighted by Crippen LogP contribution is -2.18. The first-order valence-electron chi connectivity index (χ1n) is 3.45. The molecule has 0 aromatic carbocycles. The number of hydrogen-bond acceptors (Lipinski definition) is 3. The van der Waals surface area contributed by atoms with Crippen LogP contribution in [0.4, 0.5) is 0 Å². The van der Waals surface area contributed by atoms with Gasteiger partial charge in [0.05, 0.1) is 13.5 Å². The van der Waals surface area contributed by atoms with Crippen LogP contribution < -0.4 is 5.56 Å². The van der Waals surface area contributed by atoms with Gasteiger partial charge in [0.2, 0.25) is 0 Å². The third-order valence-electron chi connectivity index (χ3n) is 1.57. The van der Waals surface area contributed by atoms with Crippen LogP contribution in [0, 0.1) is 0 Å². The van der Waals surface area contributed by atoms with E-state index in [1.54, 1.807) is 7.05 Å². The number of rotatable bonds is 2. The van der Waals surface area contributed by atoms with Gasteiger partial charge >= 0.3 is 5.97 Å². The molecule has 1 rings (SSSR count). The largest absolute Gasteiger partial charge is 0.469 e. The molecule has 12 heavy (non-hydrogen) atoms. The number of aromatic amines is 1. The number of methoxy groups -OCH3 is 1. The van der Waals surface area contributed by atoms with Crippen molar-refractivity contribution in [2.45, 2.75) is 6.42 Å². The lowest BCUT2D eigenvalue weighted by molar-refractivity contribution is -0.139. The van der Waals surface area contributed by atoms with Gasteiger partial charge in [0.25, 0.3) is 5.56 Å². The van der Waals surface area contributed by atoms with Crippen molar-refractivity contribution in [2.75, 3.05) is 7.11 Å². The molecule has 0 aliphatic carbocycles. The highest BCUT2D eigenvalue weighted by molar-refractivity contribution is 5.72. The van der Waals surface area contributed by atoms with E-state index in [0.717, 1.165) is 0 Å². The van der Waals surface area contributed by atoms with Crippen LogP contribution in [-0.2, 0) is 23.0 Å². The fourth-order valence-electron chi connectivity index (χ4n) is 0.865. The predicted molar refractivity (Wildman–Crippen MR) is 41.8 cm³/mol. The summed E-state index contributed by atoms with van der Waals surface area (Å²) < 4.78 is 5.72. The van der Waals surface area contributed by atoms with Crippen LogP contribution in [-0.4, -0.2) is 22.9 Å². The Morgan fingerprint density at radius 2 is 2.42 bits per heavy atom. The third kappa shape index (κ3) is 1.55. The molecular formula is C7H10N2O3. The van der Waals surface area contributed by atoms with Gasteiger partial charge in [0.15, 0.2) is 0 Å². The number of aryl methyl sites for hydroxylation is 1. The zero-order chi connectivity index (χ0) is 9.14. The van der Waals surface area contributed by atoms with E-state index in [9.17, 15) is 9.59 Å². The topological polar surface area (TPSA) is 64.1 Å². The molecule has 1 aromatic heterocycles. The molecule has 0 spiro atoms. The first-order chi connectivity index (χ1) is 5.65. The fourth-order valence-corrected chi connectivity index (χ4v) is 0.865. The zero-order valence-electron chi connectivity index (χ0n) is 6.96. The number of H-pyrrole nitrogens is 1. The average Bonchev–Trinajstić information content (AvgIpc) is 2.36. The predicted octanol–water partition coefficient (Wildman–Crippen LogP) is -0.571. The summed E-state index contributed by atoms with van der Waals surface area (Å²) in [6, 6.07) is 0. The van der Waals surface area contributed by atoms with Gasteiger partial charge in [-0.25, -0.2) is 0 Å². The van der Waals surface area contributed by atoms with Crippen molar-refractivity contribution in [2.24, 2.45) is 7.05 Å². The van der Waals surface area contributed by atoms with Gasteiger partial charge in [0.1, 0.15) is 0 Å². The summed E-state index contributed by atoms with van der Waals surface area (Å²) in [5.41, 5.74) is 0.227. The van der Waals surface area contributed by atoms with E-state index >= 15 is 0 Å². The number of carbonyl (C=O) groups excluding carboxylic acids is 1. The molecule has 5 nitrogen and oxygen atoms in total. The van der Waals surface area contributed by atoms with Crippen LogP contribution in [0.2, 0.25) is 0 Å². The molecule has 5 heteroatoms. The van der Waals surface area contributed by atoms with Crippen LogP contribution in [0.15, 0.2) is 11.0 Å². The van der Waals surface area contributed by atoms with Crippen LogP contribution in [0.1, 0.15) is 5.56 Å². The minimum absolute atomic E-state index is 0.0205. The number of esters is 1. The van der Waals surface area contributed by atoms with Gasteiger partial charge in [-0.05, 0) is 0 Å². The Morgan fingerprint density at radius 1 is 1.75 bits per heavy atom. The maximum Gasteiger partial charge on any atom is 0.310 e. The zero-order valence-corrected chi connectivity index (χ0v) is 6.96. The van der Waals surface area contributed by atoms with Crippen molar-refractivity contribution in [3.8, 4) is 0 Å². The molecule has 1 heterocycles. The van der Waals surface area contributed by atoms with E-state index in [-0.39, 0.29) is 12.0 Å². The second-order valence-corrected chi connectivity index (χ2v) is 2.42. The fraction of sp³-hybridized carbons (Fsp3) is 0.429. The third-order valence-corrected chi connectivity index (χ3v) is 1.57. The van der Waals surface area contributed by atoms with Crippen LogP contribution in [0.25, 0.3) is 0 Å². The summed E-state index contributed by atoms with van der Waals surface area (Å²) in [6.07, 6.45) is 1.52. The Balaban J connectivity index is 2.83. The Kier molecular flexibility index (Phi) is 2.32. The second kappa shape index (κ2) is 3.25. The minimum atomic E-state index is -0.410. The van der Waals surface area contributed by atoms with Crippen molar-refractivity contribution in [3.63, 3.8) is 0 Å². The molecule has 0 saturated heterocycles. The number of aromatic nitrogens is 2. The summed E-state index contributed by atoms with van der Waals surface area (Å²) in [6.45, 7) is 0. The first kappa shape index (κ1) is 8.58. The SMILES string of the molecule is COC(=O)Cc1c[nH]n(C)c1=O. The molecule has 0 fully saturated rings. The van der Waals surface area contributed by atoms with Gasteiger partial charge in [-0.3, -0.25) is 14.3 Å². The van der Waals surface area contributed by atoms with E-state index in [1.807, 2.05) is 0 Å². The van der Waals surface area contributed by atoms with E-state index in [4.69, 9.17) is 0 Å². The highest BCUT2D eigenvalue weighted by Crippen LogP contribution is 1.91. The van der Waals surface area contributed by atoms with Crippen LogP contribution in [0.5, 0.6) is 0 Å². The van der Waals surface area contributed by atoms with Gasteiger partial charge in [0, 0.05) is 18.8 Å². The maximum atomic E-state index is 11.1. The number of nitrogens with zero attached hydrogens (tertiary/aromatic N) is 1. The van der Waals surface area contributed by atoms with E-state index in [2.05, 4.69) is 9.84 Å². The Labute approximate surface area is 68.9 Å². The summed E-state index contributed by atoms with van der Waals surface area (Å²) in [5.74, 6) is -0.410. The lowest BCUT2D eigenvalue weighted by atomic mass is 10.2. The summed E-state index contributed by atoms with van der Waals surface area (Å²) in [7, 11) is 2.88. The molecule has 0 aliphatic rings. The van der Waals surface area contributed by atoms with E-state index < -0.39 is 5.97 Å². The molecule has 0 unspecified atom stereocenters.